The predicted octanol–water partition coefficient (Wildman–Crippen LogP) is 4.22. The van der Waals surface area contributed by atoms with E-state index in [0.717, 1.165) is 22.2 Å². The largest absolute Gasteiger partial charge is 0.478 e. The normalized spacial score (nSPS) is 10.8. The Kier molecular flexibility index (Phi) is 3.18. The molecule has 104 valence electrons. The molecule has 0 aliphatic carbocycles. The molecule has 0 bridgehead atoms. The van der Waals surface area contributed by atoms with E-state index in [1.807, 2.05) is 50.2 Å². The van der Waals surface area contributed by atoms with Gasteiger partial charge in [-0.1, -0.05) is 42.0 Å². The molecular weight excluding hydrogens is 262 g/mol. The van der Waals surface area contributed by atoms with Crippen molar-refractivity contribution in [2.45, 2.75) is 13.8 Å². The Morgan fingerprint density at radius 2 is 1.81 bits per heavy atom. The highest BCUT2D eigenvalue weighted by molar-refractivity contribution is 6.04. The maximum Gasteiger partial charge on any atom is 0.336 e. The Bertz CT molecular complexity index is 853. The van der Waals surface area contributed by atoms with Crippen molar-refractivity contribution >= 4 is 16.9 Å². The molecule has 0 amide bonds. The number of hydrogen-bond acceptors (Lipinski definition) is 2. The van der Waals surface area contributed by atoms with Crippen molar-refractivity contribution < 1.29 is 9.90 Å². The van der Waals surface area contributed by atoms with Crippen LogP contribution < -0.4 is 0 Å². The fraction of sp³-hybridized carbons (Fsp3) is 0.111. The van der Waals surface area contributed by atoms with E-state index in [4.69, 9.17) is 0 Å². The minimum absolute atomic E-state index is 0.292. The molecule has 0 saturated heterocycles. The van der Waals surface area contributed by atoms with Crippen LogP contribution in [0.5, 0.6) is 0 Å². The van der Waals surface area contributed by atoms with Crippen LogP contribution in [0.1, 0.15) is 21.5 Å². The topological polar surface area (TPSA) is 50.2 Å². The predicted molar refractivity (Wildman–Crippen MR) is 83.6 cm³/mol. The standard InChI is InChI=1S/C18H15NO2/c1-11-5-3-7-13(9-11)16-10-15(18(20)21)14-8-4-6-12(2)17(14)19-16/h3-10H,1-2H3,(H,20,21). The molecule has 0 spiro atoms. The number of hydrogen-bond donors (Lipinski definition) is 1. The quantitative estimate of drug-likeness (QED) is 0.763. The minimum Gasteiger partial charge on any atom is -0.478 e. The van der Waals surface area contributed by atoms with Crippen molar-refractivity contribution in [2.75, 3.05) is 0 Å². The zero-order chi connectivity index (χ0) is 15.0. The van der Waals surface area contributed by atoms with Crippen molar-refractivity contribution in [1.29, 1.82) is 0 Å². The Morgan fingerprint density at radius 3 is 2.52 bits per heavy atom. The van der Waals surface area contributed by atoms with Crippen molar-refractivity contribution in [1.82, 2.24) is 4.98 Å². The van der Waals surface area contributed by atoms with Gasteiger partial charge in [0.15, 0.2) is 0 Å². The number of aryl methyl sites for hydroxylation is 2. The van der Waals surface area contributed by atoms with Crippen LogP contribution in [0.15, 0.2) is 48.5 Å². The second-order valence-electron chi connectivity index (χ2n) is 5.20. The van der Waals surface area contributed by atoms with Gasteiger partial charge in [-0.05, 0) is 31.5 Å². The molecule has 21 heavy (non-hydrogen) atoms. The Hall–Kier alpha value is -2.68. The molecule has 0 saturated carbocycles. The van der Waals surface area contributed by atoms with E-state index in [1.165, 1.54) is 0 Å². The third-order valence-electron chi connectivity index (χ3n) is 3.59. The second kappa shape index (κ2) is 5.02. The van der Waals surface area contributed by atoms with Crippen LogP contribution in [0.3, 0.4) is 0 Å². The molecular formula is C18H15NO2. The summed E-state index contributed by atoms with van der Waals surface area (Å²) in [7, 11) is 0. The van der Waals surface area contributed by atoms with Gasteiger partial charge >= 0.3 is 5.97 Å². The summed E-state index contributed by atoms with van der Waals surface area (Å²) in [6, 6.07) is 15.2. The fourth-order valence-corrected chi connectivity index (χ4v) is 2.52. The van der Waals surface area contributed by atoms with Gasteiger partial charge in [-0.2, -0.15) is 0 Å². The van der Waals surface area contributed by atoms with E-state index in [9.17, 15) is 9.90 Å². The van der Waals surface area contributed by atoms with Crippen LogP contribution in [0.2, 0.25) is 0 Å². The van der Waals surface area contributed by atoms with Gasteiger partial charge in [-0.25, -0.2) is 9.78 Å². The first-order chi connectivity index (χ1) is 10.1. The molecule has 2 aromatic carbocycles. The van der Waals surface area contributed by atoms with Crippen LogP contribution in [0.4, 0.5) is 0 Å². The van der Waals surface area contributed by atoms with Gasteiger partial charge in [0.05, 0.1) is 16.8 Å². The van der Waals surface area contributed by atoms with Gasteiger partial charge < -0.3 is 5.11 Å². The molecule has 1 N–H and O–H groups in total. The lowest BCUT2D eigenvalue weighted by atomic mass is 10.0. The van der Waals surface area contributed by atoms with Gasteiger partial charge in [0.25, 0.3) is 0 Å². The number of benzene rings is 2. The maximum atomic E-state index is 11.5. The van der Waals surface area contributed by atoms with E-state index >= 15 is 0 Å². The van der Waals surface area contributed by atoms with E-state index in [0.29, 0.717) is 16.6 Å². The molecule has 3 nitrogen and oxygen atoms in total. The minimum atomic E-state index is -0.929. The van der Waals surface area contributed by atoms with Crippen molar-refractivity contribution in [3.8, 4) is 11.3 Å². The SMILES string of the molecule is Cc1cccc(-c2cc(C(=O)O)c3cccc(C)c3n2)c1. The first-order valence-electron chi connectivity index (χ1n) is 6.77. The number of nitrogens with zero attached hydrogens (tertiary/aromatic N) is 1. The van der Waals surface area contributed by atoms with Crippen LogP contribution >= 0.6 is 0 Å². The zero-order valence-electron chi connectivity index (χ0n) is 11.9. The van der Waals surface area contributed by atoms with Crippen LogP contribution in [-0.2, 0) is 0 Å². The van der Waals surface area contributed by atoms with E-state index in [-0.39, 0.29) is 0 Å². The smallest absolute Gasteiger partial charge is 0.336 e. The maximum absolute atomic E-state index is 11.5. The average Bonchev–Trinajstić information content (AvgIpc) is 2.46. The summed E-state index contributed by atoms with van der Waals surface area (Å²) in [5.41, 5.74) is 4.76. The summed E-state index contributed by atoms with van der Waals surface area (Å²) in [5, 5.41) is 10.2. The Labute approximate surface area is 122 Å². The summed E-state index contributed by atoms with van der Waals surface area (Å²) in [6.07, 6.45) is 0. The van der Waals surface area contributed by atoms with Gasteiger partial charge in [0.1, 0.15) is 0 Å². The summed E-state index contributed by atoms with van der Waals surface area (Å²) in [4.78, 5) is 16.2. The molecule has 3 rings (SSSR count). The van der Waals surface area contributed by atoms with Gasteiger partial charge in [0.2, 0.25) is 0 Å². The number of aromatic nitrogens is 1. The number of fused-ring (bicyclic) bond motifs is 1. The highest BCUT2D eigenvalue weighted by Crippen LogP contribution is 2.27. The lowest BCUT2D eigenvalue weighted by molar-refractivity contribution is 0.0699. The molecule has 3 aromatic rings. The number of para-hydroxylation sites is 1. The Balaban J connectivity index is 2.35. The summed E-state index contributed by atoms with van der Waals surface area (Å²) in [5.74, 6) is -0.929. The monoisotopic (exact) mass is 277 g/mol. The highest BCUT2D eigenvalue weighted by Gasteiger charge is 2.13. The number of rotatable bonds is 2. The van der Waals surface area contributed by atoms with Crippen molar-refractivity contribution in [3.05, 3.63) is 65.2 Å². The molecule has 0 radical (unpaired) electrons. The van der Waals surface area contributed by atoms with E-state index < -0.39 is 5.97 Å². The van der Waals surface area contributed by atoms with Crippen LogP contribution in [0, 0.1) is 13.8 Å². The number of pyridine rings is 1. The molecule has 0 fully saturated rings. The van der Waals surface area contributed by atoms with Crippen molar-refractivity contribution in [2.24, 2.45) is 0 Å². The Morgan fingerprint density at radius 1 is 1.05 bits per heavy atom. The molecule has 0 atom stereocenters. The number of carboxylic acids is 1. The third-order valence-corrected chi connectivity index (χ3v) is 3.59. The zero-order valence-corrected chi connectivity index (χ0v) is 11.9. The number of carbonyl (C=O) groups is 1. The van der Waals surface area contributed by atoms with E-state index in [1.54, 1.807) is 12.1 Å². The molecule has 0 aliphatic rings. The molecule has 1 heterocycles. The van der Waals surface area contributed by atoms with Crippen molar-refractivity contribution in [3.63, 3.8) is 0 Å². The summed E-state index contributed by atoms with van der Waals surface area (Å²) >= 11 is 0. The van der Waals surface area contributed by atoms with Gasteiger partial charge in [-0.3, -0.25) is 0 Å². The number of carboxylic acid groups (broad SMARTS) is 1. The van der Waals surface area contributed by atoms with E-state index in [2.05, 4.69) is 4.98 Å². The highest BCUT2D eigenvalue weighted by atomic mass is 16.4. The number of aromatic carboxylic acids is 1. The average molecular weight is 277 g/mol. The molecule has 3 heteroatoms. The summed E-state index contributed by atoms with van der Waals surface area (Å²) in [6.45, 7) is 3.95. The summed E-state index contributed by atoms with van der Waals surface area (Å²) < 4.78 is 0. The molecule has 0 aliphatic heterocycles. The molecule has 1 aromatic heterocycles. The lowest BCUT2D eigenvalue weighted by Crippen LogP contribution is -2.01. The van der Waals surface area contributed by atoms with Gasteiger partial charge in [-0.15, -0.1) is 0 Å². The van der Waals surface area contributed by atoms with Gasteiger partial charge in [0, 0.05) is 10.9 Å². The first kappa shape index (κ1) is 13.3. The first-order valence-corrected chi connectivity index (χ1v) is 6.77. The van der Waals surface area contributed by atoms with Crippen LogP contribution in [0.25, 0.3) is 22.2 Å². The second-order valence-corrected chi connectivity index (χ2v) is 5.20. The molecule has 0 unspecified atom stereocenters. The van der Waals surface area contributed by atoms with Crippen LogP contribution in [-0.4, -0.2) is 16.1 Å². The lowest BCUT2D eigenvalue weighted by Gasteiger charge is -2.09. The fourth-order valence-electron chi connectivity index (χ4n) is 2.52. The third kappa shape index (κ3) is 2.38.